The summed E-state index contributed by atoms with van der Waals surface area (Å²) in [6.45, 7) is 4.41. The fourth-order valence-corrected chi connectivity index (χ4v) is 2.80. The molecular formula is C13H20N4. The van der Waals surface area contributed by atoms with Crippen molar-refractivity contribution >= 4 is 5.82 Å². The van der Waals surface area contributed by atoms with Crippen LogP contribution in [0.4, 0.5) is 5.82 Å². The quantitative estimate of drug-likeness (QED) is 0.817. The van der Waals surface area contributed by atoms with Gasteiger partial charge in [-0.25, -0.2) is 4.98 Å². The number of hydrogen-bond donors (Lipinski definition) is 2. The zero-order valence-corrected chi connectivity index (χ0v) is 10.1. The van der Waals surface area contributed by atoms with E-state index in [1.165, 1.54) is 18.4 Å². The van der Waals surface area contributed by atoms with Gasteiger partial charge in [0.2, 0.25) is 0 Å². The van der Waals surface area contributed by atoms with Crippen molar-refractivity contribution in [2.75, 3.05) is 31.9 Å². The van der Waals surface area contributed by atoms with Crippen LogP contribution in [0.15, 0.2) is 18.3 Å². The first-order valence-electron chi connectivity index (χ1n) is 6.51. The van der Waals surface area contributed by atoms with Gasteiger partial charge in [-0.05, 0) is 24.8 Å². The molecule has 0 bridgehead atoms. The molecule has 1 saturated carbocycles. The van der Waals surface area contributed by atoms with E-state index in [-0.39, 0.29) is 0 Å². The number of pyridine rings is 1. The van der Waals surface area contributed by atoms with Gasteiger partial charge in [-0.2, -0.15) is 0 Å². The molecule has 0 unspecified atom stereocenters. The zero-order valence-electron chi connectivity index (χ0n) is 10.1. The van der Waals surface area contributed by atoms with Gasteiger partial charge in [-0.3, -0.25) is 4.90 Å². The number of piperazine rings is 1. The number of nitrogens with two attached hydrogens (primary N) is 1. The summed E-state index contributed by atoms with van der Waals surface area (Å²) in [6, 6.07) is 4.64. The number of nitrogens with zero attached hydrogens (tertiary/aromatic N) is 2. The molecule has 1 aromatic heterocycles. The number of hydrogen-bond acceptors (Lipinski definition) is 4. The van der Waals surface area contributed by atoms with Crippen molar-refractivity contribution < 1.29 is 0 Å². The maximum absolute atomic E-state index is 6.04. The molecule has 1 aromatic rings. The third-order valence-electron chi connectivity index (χ3n) is 3.80. The van der Waals surface area contributed by atoms with E-state index in [0.29, 0.717) is 11.9 Å². The van der Waals surface area contributed by atoms with Crippen molar-refractivity contribution in [3.63, 3.8) is 0 Å². The molecule has 3 N–H and O–H groups in total. The lowest BCUT2D eigenvalue weighted by atomic mass is 10.0. The molecule has 0 spiro atoms. The maximum Gasteiger partial charge on any atom is 0.128 e. The number of nitrogens with one attached hydrogen (secondary N) is 1. The van der Waals surface area contributed by atoms with Crippen LogP contribution in [0.5, 0.6) is 0 Å². The van der Waals surface area contributed by atoms with Gasteiger partial charge in [-0.15, -0.1) is 0 Å². The first-order chi connectivity index (χ1) is 8.36. The lowest BCUT2D eigenvalue weighted by molar-refractivity contribution is 0.156. The first kappa shape index (κ1) is 11.0. The van der Waals surface area contributed by atoms with Gasteiger partial charge >= 0.3 is 0 Å². The molecule has 0 radical (unpaired) electrons. The Bertz CT molecular complexity index is 383. The van der Waals surface area contributed by atoms with Crippen molar-refractivity contribution in [2.45, 2.75) is 18.9 Å². The van der Waals surface area contributed by atoms with Crippen molar-refractivity contribution in [1.29, 1.82) is 0 Å². The van der Waals surface area contributed by atoms with Crippen molar-refractivity contribution in [3.8, 4) is 0 Å². The van der Waals surface area contributed by atoms with E-state index in [0.717, 1.165) is 32.1 Å². The molecule has 1 atom stereocenters. The van der Waals surface area contributed by atoms with Gasteiger partial charge in [0.05, 0.1) is 0 Å². The molecule has 0 amide bonds. The molecule has 2 aliphatic rings. The Labute approximate surface area is 102 Å². The second kappa shape index (κ2) is 4.63. The second-order valence-corrected chi connectivity index (χ2v) is 5.05. The number of rotatable bonds is 3. The van der Waals surface area contributed by atoms with Crippen molar-refractivity contribution in [3.05, 3.63) is 23.9 Å². The third kappa shape index (κ3) is 2.28. The molecule has 1 saturated heterocycles. The molecule has 4 nitrogen and oxygen atoms in total. The van der Waals surface area contributed by atoms with E-state index >= 15 is 0 Å². The average molecular weight is 232 g/mol. The number of aromatic nitrogens is 1. The average Bonchev–Trinajstić information content (AvgIpc) is 3.18. The number of anilines is 1. The Morgan fingerprint density at radius 2 is 2.12 bits per heavy atom. The van der Waals surface area contributed by atoms with Crippen LogP contribution in [-0.4, -0.2) is 36.1 Å². The normalized spacial score (nSPS) is 23.5. The van der Waals surface area contributed by atoms with Crippen LogP contribution < -0.4 is 11.1 Å². The second-order valence-electron chi connectivity index (χ2n) is 5.05. The summed E-state index contributed by atoms with van der Waals surface area (Å²) < 4.78 is 0. The minimum absolute atomic E-state index is 0.491. The Kier molecular flexibility index (Phi) is 2.99. The molecule has 1 aliphatic heterocycles. The predicted octanol–water partition coefficient (Wildman–Crippen LogP) is 1.02. The maximum atomic E-state index is 6.04. The van der Waals surface area contributed by atoms with Gasteiger partial charge in [0.15, 0.2) is 0 Å². The lowest BCUT2D eigenvalue weighted by Crippen LogP contribution is -2.45. The standard InChI is InChI=1S/C13H20N4/c14-13-11(2-1-5-16-13)12(10-3-4-10)17-8-6-15-7-9-17/h1-2,5,10,12,15H,3-4,6-9H2,(H2,14,16)/t12-/m1/s1. The highest BCUT2D eigenvalue weighted by Crippen LogP contribution is 2.45. The van der Waals surface area contributed by atoms with E-state index in [1.54, 1.807) is 6.20 Å². The van der Waals surface area contributed by atoms with E-state index in [1.807, 2.05) is 6.07 Å². The van der Waals surface area contributed by atoms with Crippen LogP contribution in [0.1, 0.15) is 24.4 Å². The van der Waals surface area contributed by atoms with E-state index < -0.39 is 0 Å². The summed E-state index contributed by atoms with van der Waals surface area (Å²) in [5.41, 5.74) is 7.27. The number of nitrogen functional groups attached to an aromatic ring is 1. The summed E-state index contributed by atoms with van der Waals surface area (Å²) in [6.07, 6.45) is 4.45. The highest BCUT2D eigenvalue weighted by Gasteiger charge is 2.37. The summed E-state index contributed by atoms with van der Waals surface area (Å²) in [7, 11) is 0. The predicted molar refractivity (Wildman–Crippen MR) is 68.6 cm³/mol. The summed E-state index contributed by atoms with van der Waals surface area (Å²) in [5.74, 6) is 1.50. The minimum atomic E-state index is 0.491. The van der Waals surface area contributed by atoms with Gasteiger partial charge in [0.1, 0.15) is 5.82 Å². The Morgan fingerprint density at radius 1 is 1.35 bits per heavy atom. The molecule has 2 heterocycles. The third-order valence-corrected chi connectivity index (χ3v) is 3.80. The van der Waals surface area contributed by atoms with E-state index in [4.69, 9.17) is 5.73 Å². The van der Waals surface area contributed by atoms with E-state index in [9.17, 15) is 0 Å². The van der Waals surface area contributed by atoms with Crippen LogP contribution in [0.3, 0.4) is 0 Å². The molecule has 3 rings (SSSR count). The smallest absolute Gasteiger partial charge is 0.128 e. The van der Waals surface area contributed by atoms with Gasteiger partial charge in [0, 0.05) is 44.0 Å². The van der Waals surface area contributed by atoms with E-state index in [2.05, 4.69) is 21.3 Å². The van der Waals surface area contributed by atoms with Crippen LogP contribution in [0, 0.1) is 5.92 Å². The molecule has 2 fully saturated rings. The van der Waals surface area contributed by atoms with Crippen LogP contribution in [0.2, 0.25) is 0 Å². The molecule has 4 heteroatoms. The van der Waals surface area contributed by atoms with Gasteiger partial charge in [0.25, 0.3) is 0 Å². The van der Waals surface area contributed by atoms with Crippen LogP contribution >= 0.6 is 0 Å². The lowest BCUT2D eigenvalue weighted by Gasteiger charge is -2.35. The first-order valence-corrected chi connectivity index (χ1v) is 6.51. The SMILES string of the molecule is Nc1ncccc1[C@@H](C1CC1)N1CCNCC1. The zero-order chi connectivity index (χ0) is 11.7. The Hall–Kier alpha value is -1.13. The monoisotopic (exact) mass is 232 g/mol. The molecule has 1 aliphatic carbocycles. The molecule has 92 valence electrons. The summed E-state index contributed by atoms with van der Waals surface area (Å²) in [4.78, 5) is 6.81. The Morgan fingerprint density at radius 3 is 2.76 bits per heavy atom. The van der Waals surface area contributed by atoms with Gasteiger partial charge < -0.3 is 11.1 Å². The van der Waals surface area contributed by atoms with Crippen molar-refractivity contribution in [1.82, 2.24) is 15.2 Å². The minimum Gasteiger partial charge on any atom is -0.383 e. The summed E-state index contributed by atoms with van der Waals surface area (Å²) >= 11 is 0. The fraction of sp³-hybridized carbons (Fsp3) is 0.615. The van der Waals surface area contributed by atoms with Crippen molar-refractivity contribution in [2.24, 2.45) is 5.92 Å². The molecule has 0 aromatic carbocycles. The highest BCUT2D eigenvalue weighted by molar-refractivity contribution is 5.41. The topological polar surface area (TPSA) is 54.2 Å². The largest absolute Gasteiger partial charge is 0.383 e. The van der Waals surface area contributed by atoms with Crippen LogP contribution in [-0.2, 0) is 0 Å². The summed E-state index contributed by atoms with van der Waals surface area (Å²) in [5, 5.41) is 3.41. The van der Waals surface area contributed by atoms with Gasteiger partial charge in [-0.1, -0.05) is 6.07 Å². The fourth-order valence-electron chi connectivity index (χ4n) is 2.80. The molecule has 17 heavy (non-hydrogen) atoms. The highest BCUT2D eigenvalue weighted by atomic mass is 15.2. The van der Waals surface area contributed by atoms with Crippen LogP contribution in [0.25, 0.3) is 0 Å². The Balaban J connectivity index is 1.86. The molecular weight excluding hydrogens is 212 g/mol.